The summed E-state index contributed by atoms with van der Waals surface area (Å²) in [5, 5.41) is 8.85. The van der Waals surface area contributed by atoms with Gasteiger partial charge in [-0.2, -0.15) is 4.79 Å². The molecule has 0 aromatic rings. The van der Waals surface area contributed by atoms with Crippen molar-refractivity contribution in [3.63, 3.8) is 0 Å². The van der Waals surface area contributed by atoms with Crippen molar-refractivity contribution < 1.29 is 14.7 Å². The maximum atomic E-state index is 10.7. The highest BCUT2D eigenvalue weighted by molar-refractivity contribution is 6.26. The Morgan fingerprint density at radius 1 is 1.70 bits per heavy atom. The van der Waals surface area contributed by atoms with Gasteiger partial charge in [-0.25, -0.2) is 0 Å². The van der Waals surface area contributed by atoms with Crippen molar-refractivity contribution in [1.29, 1.82) is 0 Å². The molecule has 0 radical (unpaired) electrons. The molecule has 56 valence electrons. The third-order valence-electron chi connectivity index (χ3n) is 1.36. The molecule has 0 saturated heterocycles. The number of hydrogen-bond acceptors (Lipinski definition) is 2. The summed E-state index contributed by atoms with van der Waals surface area (Å²) in [6.45, 7) is 3.07. The van der Waals surface area contributed by atoms with Gasteiger partial charge in [-0.05, 0) is 6.92 Å². The zero-order valence-electron chi connectivity index (χ0n) is 5.98. The summed E-state index contributed by atoms with van der Waals surface area (Å²) in [5.41, 5.74) is 7.93. The lowest BCUT2D eigenvalue weighted by Crippen LogP contribution is -2.23. The van der Waals surface area contributed by atoms with Crippen molar-refractivity contribution in [3.05, 3.63) is 5.53 Å². The van der Waals surface area contributed by atoms with Crippen LogP contribution in [0.25, 0.3) is 5.53 Å². The van der Waals surface area contributed by atoms with Gasteiger partial charge in [-0.3, -0.25) is 4.79 Å². The Morgan fingerprint density at radius 2 is 2.20 bits per heavy atom. The van der Waals surface area contributed by atoms with Gasteiger partial charge in [0, 0.05) is 0 Å². The van der Waals surface area contributed by atoms with Gasteiger partial charge in [0.15, 0.2) is 0 Å². The first-order chi connectivity index (χ1) is 4.59. The second kappa shape index (κ2) is 3.93. The van der Waals surface area contributed by atoms with E-state index >= 15 is 0 Å². The minimum atomic E-state index is -0.703. The Kier molecular flexibility index (Phi) is 3.54. The maximum Gasteiger partial charge on any atom is 0.323 e. The van der Waals surface area contributed by atoms with Crippen LogP contribution in [-0.4, -0.2) is 28.0 Å². The molecule has 0 aliphatic heterocycles. The second-order valence-corrected chi connectivity index (χ2v) is 2.18. The minimum absolute atomic E-state index is 0.377. The van der Waals surface area contributed by atoms with Crippen molar-refractivity contribution in [2.75, 3.05) is 0 Å². The van der Waals surface area contributed by atoms with Crippen LogP contribution in [0.4, 0.5) is 0 Å². The summed E-state index contributed by atoms with van der Waals surface area (Å²) >= 11 is 0. The lowest BCUT2D eigenvalue weighted by molar-refractivity contribution is -0.121. The summed E-state index contributed by atoms with van der Waals surface area (Å²) < 4.78 is 0. The van der Waals surface area contributed by atoms with Crippen molar-refractivity contribution >= 4 is 12.0 Å². The molecule has 0 heterocycles. The lowest BCUT2D eigenvalue weighted by atomic mass is 10.0. The average Bonchev–Trinajstić information content (AvgIpc) is 1.87. The van der Waals surface area contributed by atoms with E-state index in [2.05, 4.69) is 4.79 Å². The van der Waals surface area contributed by atoms with Gasteiger partial charge in [0.05, 0.1) is 12.0 Å². The summed E-state index contributed by atoms with van der Waals surface area (Å²) in [6.07, 6.45) is 0.0858. The SMILES string of the molecule is CC(O)C(C)C(=O)C=[N+]=[N-]. The smallest absolute Gasteiger partial charge is 0.323 e. The molecule has 0 aliphatic carbocycles. The van der Waals surface area contributed by atoms with Crippen LogP contribution in [0.5, 0.6) is 0 Å². The molecule has 4 nitrogen and oxygen atoms in total. The Hall–Kier alpha value is -0.990. The molecule has 0 rings (SSSR count). The molecule has 0 spiro atoms. The highest BCUT2D eigenvalue weighted by atomic mass is 16.3. The van der Waals surface area contributed by atoms with Crippen LogP contribution in [0, 0.1) is 5.92 Å². The zero-order valence-corrected chi connectivity index (χ0v) is 5.98. The van der Waals surface area contributed by atoms with E-state index in [0.29, 0.717) is 0 Å². The van der Waals surface area contributed by atoms with Crippen LogP contribution in [0.2, 0.25) is 0 Å². The van der Waals surface area contributed by atoms with E-state index in [1.165, 1.54) is 6.92 Å². The molecule has 2 unspecified atom stereocenters. The third kappa shape index (κ3) is 2.53. The Morgan fingerprint density at radius 3 is 2.50 bits per heavy atom. The van der Waals surface area contributed by atoms with Crippen LogP contribution in [0.3, 0.4) is 0 Å². The minimum Gasteiger partial charge on any atom is -0.393 e. The quantitative estimate of drug-likeness (QED) is 0.338. The van der Waals surface area contributed by atoms with E-state index < -0.39 is 12.0 Å². The number of aliphatic hydroxyl groups excluding tert-OH is 1. The summed E-state index contributed by atoms with van der Waals surface area (Å²) in [5.74, 6) is -0.881. The first kappa shape index (κ1) is 9.01. The molecule has 10 heavy (non-hydrogen) atoms. The molecule has 0 fully saturated rings. The molecule has 0 saturated carbocycles. The number of aliphatic hydroxyl groups is 1. The van der Waals surface area contributed by atoms with E-state index in [4.69, 9.17) is 10.6 Å². The van der Waals surface area contributed by atoms with Gasteiger partial charge in [0.25, 0.3) is 0 Å². The Balaban J connectivity index is 4.07. The van der Waals surface area contributed by atoms with Crippen molar-refractivity contribution in [3.8, 4) is 0 Å². The molecular formula is C6H10N2O2. The number of hydrogen-bond donors (Lipinski definition) is 1. The van der Waals surface area contributed by atoms with Gasteiger partial charge < -0.3 is 10.6 Å². The van der Waals surface area contributed by atoms with Gasteiger partial charge in [0.1, 0.15) is 0 Å². The van der Waals surface area contributed by atoms with Gasteiger partial charge in [-0.15, -0.1) is 0 Å². The van der Waals surface area contributed by atoms with E-state index in [0.717, 1.165) is 6.21 Å². The van der Waals surface area contributed by atoms with Crippen LogP contribution >= 0.6 is 0 Å². The maximum absolute atomic E-state index is 10.7. The third-order valence-corrected chi connectivity index (χ3v) is 1.36. The number of Topliss-reactive ketones (excluding diaryl/α,β-unsaturated/α-hetero) is 1. The normalized spacial score (nSPS) is 15.1. The van der Waals surface area contributed by atoms with Crippen molar-refractivity contribution in [1.82, 2.24) is 0 Å². The number of ketones is 1. The second-order valence-electron chi connectivity index (χ2n) is 2.18. The van der Waals surface area contributed by atoms with Crippen molar-refractivity contribution in [2.45, 2.75) is 20.0 Å². The Labute approximate surface area is 59.1 Å². The predicted octanol–water partition coefficient (Wildman–Crippen LogP) is -0.127. The molecule has 0 bridgehead atoms. The molecule has 0 aromatic carbocycles. The molecule has 2 atom stereocenters. The van der Waals surface area contributed by atoms with E-state index in [1.807, 2.05) is 0 Å². The topological polar surface area (TPSA) is 73.7 Å². The summed E-state index contributed by atoms with van der Waals surface area (Å²) in [4.78, 5) is 13.3. The van der Waals surface area contributed by atoms with Crippen LogP contribution in [-0.2, 0) is 4.79 Å². The summed E-state index contributed by atoms with van der Waals surface area (Å²) in [6, 6.07) is 0. The highest BCUT2D eigenvalue weighted by Crippen LogP contribution is 2.00. The molecule has 0 aromatic heterocycles. The molecule has 1 N–H and O–H groups in total. The van der Waals surface area contributed by atoms with Crippen LogP contribution in [0.1, 0.15) is 13.8 Å². The van der Waals surface area contributed by atoms with E-state index in [9.17, 15) is 4.79 Å². The summed E-state index contributed by atoms with van der Waals surface area (Å²) in [7, 11) is 0. The fourth-order valence-electron chi connectivity index (χ4n) is 0.412. The first-order valence-corrected chi connectivity index (χ1v) is 2.99. The Bertz CT molecular complexity index is 171. The monoisotopic (exact) mass is 142 g/mol. The van der Waals surface area contributed by atoms with Crippen molar-refractivity contribution in [2.24, 2.45) is 5.92 Å². The number of rotatable bonds is 3. The van der Waals surface area contributed by atoms with E-state index in [-0.39, 0.29) is 5.78 Å². The first-order valence-electron chi connectivity index (χ1n) is 2.99. The average molecular weight is 142 g/mol. The van der Waals surface area contributed by atoms with Crippen LogP contribution < -0.4 is 0 Å². The number of carbonyl (C=O) groups is 1. The largest absolute Gasteiger partial charge is 0.393 e. The lowest BCUT2D eigenvalue weighted by Gasteiger charge is -2.06. The molecular weight excluding hydrogens is 132 g/mol. The zero-order chi connectivity index (χ0) is 8.15. The number of nitrogens with zero attached hydrogens (tertiary/aromatic N) is 2. The van der Waals surface area contributed by atoms with E-state index in [1.54, 1.807) is 6.92 Å². The van der Waals surface area contributed by atoms with Gasteiger partial charge in [0.2, 0.25) is 5.78 Å². The predicted molar refractivity (Wildman–Crippen MR) is 35.5 cm³/mol. The van der Waals surface area contributed by atoms with Gasteiger partial charge in [-0.1, -0.05) is 6.92 Å². The van der Waals surface area contributed by atoms with Gasteiger partial charge >= 0.3 is 6.21 Å². The standard InChI is InChI=1S/C6H10N2O2/c1-4(5(2)9)6(10)3-8-7/h3-5,9H,1-2H3. The molecule has 0 aliphatic rings. The fourth-order valence-corrected chi connectivity index (χ4v) is 0.412. The highest BCUT2D eigenvalue weighted by Gasteiger charge is 2.18. The fraction of sp³-hybridized carbons (Fsp3) is 0.667. The number of carbonyl (C=O) groups excluding carboxylic acids is 1. The molecule has 0 amide bonds. The molecule has 4 heteroatoms. The van der Waals surface area contributed by atoms with Crippen LogP contribution in [0.15, 0.2) is 0 Å².